The van der Waals surface area contributed by atoms with Crippen LogP contribution in [-0.4, -0.2) is 27.1 Å². The van der Waals surface area contributed by atoms with Crippen LogP contribution in [0.1, 0.15) is 19.4 Å². The standard InChI is InChI=1S/C12H15BrN2O3/c1-12(2,13)11(16)14(3)8-9-4-6-10(7-5-9)15(17)18/h4-7H,8H2,1-3H3. The number of hydrogen-bond acceptors (Lipinski definition) is 3. The lowest BCUT2D eigenvalue weighted by Crippen LogP contribution is -2.38. The molecule has 0 heterocycles. The summed E-state index contributed by atoms with van der Waals surface area (Å²) in [7, 11) is 1.70. The van der Waals surface area contributed by atoms with Gasteiger partial charge < -0.3 is 4.90 Å². The van der Waals surface area contributed by atoms with E-state index in [0.717, 1.165) is 5.56 Å². The first-order valence-electron chi connectivity index (χ1n) is 5.39. The average molecular weight is 315 g/mol. The van der Waals surface area contributed by atoms with Gasteiger partial charge in [-0.2, -0.15) is 0 Å². The largest absolute Gasteiger partial charge is 0.340 e. The maximum Gasteiger partial charge on any atom is 0.269 e. The van der Waals surface area contributed by atoms with Crippen molar-refractivity contribution in [2.45, 2.75) is 24.7 Å². The van der Waals surface area contributed by atoms with Crippen LogP contribution in [0.5, 0.6) is 0 Å². The number of nitro benzene ring substituents is 1. The van der Waals surface area contributed by atoms with Crippen molar-refractivity contribution in [3.8, 4) is 0 Å². The molecule has 0 aliphatic rings. The zero-order valence-corrected chi connectivity index (χ0v) is 12.1. The molecule has 5 nitrogen and oxygen atoms in total. The van der Waals surface area contributed by atoms with E-state index < -0.39 is 9.25 Å². The van der Waals surface area contributed by atoms with Gasteiger partial charge in [0.25, 0.3) is 5.69 Å². The third kappa shape index (κ3) is 3.80. The lowest BCUT2D eigenvalue weighted by Gasteiger charge is -2.24. The molecule has 0 aliphatic carbocycles. The highest BCUT2D eigenvalue weighted by molar-refractivity contribution is 9.10. The number of non-ortho nitro benzene ring substituents is 1. The van der Waals surface area contributed by atoms with E-state index in [0.29, 0.717) is 6.54 Å². The minimum absolute atomic E-state index is 0.0409. The van der Waals surface area contributed by atoms with Crippen LogP contribution >= 0.6 is 15.9 Å². The molecule has 0 unspecified atom stereocenters. The number of rotatable bonds is 4. The predicted octanol–water partition coefficient (Wildman–Crippen LogP) is 2.73. The molecule has 0 saturated heterocycles. The topological polar surface area (TPSA) is 63.4 Å². The molecule has 0 saturated carbocycles. The highest BCUT2D eigenvalue weighted by Gasteiger charge is 2.26. The minimum atomic E-state index is -0.609. The van der Waals surface area contributed by atoms with E-state index in [-0.39, 0.29) is 11.6 Å². The second-order valence-electron chi connectivity index (χ2n) is 4.56. The molecule has 0 aliphatic heterocycles. The number of nitro groups is 1. The SMILES string of the molecule is CN(Cc1ccc([N+](=O)[O-])cc1)C(=O)C(C)(C)Br. The van der Waals surface area contributed by atoms with E-state index in [1.807, 2.05) is 0 Å². The Labute approximate surface area is 114 Å². The molecule has 0 aromatic heterocycles. The Morgan fingerprint density at radius 3 is 2.28 bits per heavy atom. The molecule has 1 aromatic carbocycles. The molecular formula is C12H15BrN2O3. The number of amides is 1. The van der Waals surface area contributed by atoms with Gasteiger partial charge in [0.1, 0.15) is 0 Å². The van der Waals surface area contributed by atoms with Crippen molar-refractivity contribution in [1.29, 1.82) is 0 Å². The molecule has 18 heavy (non-hydrogen) atoms. The summed E-state index contributed by atoms with van der Waals surface area (Å²) in [6, 6.07) is 6.19. The van der Waals surface area contributed by atoms with Crippen LogP contribution in [-0.2, 0) is 11.3 Å². The predicted molar refractivity (Wildman–Crippen MR) is 72.6 cm³/mol. The van der Waals surface area contributed by atoms with Crippen LogP contribution in [0.3, 0.4) is 0 Å². The Kier molecular flexibility index (Phi) is 4.45. The van der Waals surface area contributed by atoms with E-state index in [1.54, 1.807) is 37.9 Å². The molecular weight excluding hydrogens is 300 g/mol. The van der Waals surface area contributed by atoms with Crippen LogP contribution in [0.2, 0.25) is 0 Å². The Hall–Kier alpha value is -1.43. The molecule has 1 rings (SSSR count). The number of nitrogens with zero attached hydrogens (tertiary/aromatic N) is 2. The zero-order chi connectivity index (χ0) is 13.9. The fourth-order valence-electron chi connectivity index (χ4n) is 1.52. The first kappa shape index (κ1) is 14.6. The molecule has 0 radical (unpaired) electrons. The van der Waals surface area contributed by atoms with Crippen LogP contribution in [0, 0.1) is 10.1 Å². The second-order valence-corrected chi connectivity index (χ2v) is 6.54. The van der Waals surface area contributed by atoms with Crippen LogP contribution < -0.4 is 0 Å². The molecule has 0 N–H and O–H groups in total. The molecule has 6 heteroatoms. The molecule has 0 atom stereocenters. The molecule has 0 bridgehead atoms. The number of halogens is 1. The summed E-state index contributed by atoms with van der Waals surface area (Å²) in [4.78, 5) is 23.6. The summed E-state index contributed by atoms with van der Waals surface area (Å²) in [6.07, 6.45) is 0. The highest BCUT2D eigenvalue weighted by Crippen LogP contribution is 2.20. The highest BCUT2D eigenvalue weighted by atomic mass is 79.9. The van der Waals surface area contributed by atoms with Gasteiger partial charge in [-0.05, 0) is 19.4 Å². The second kappa shape index (κ2) is 5.48. The van der Waals surface area contributed by atoms with Crippen molar-refractivity contribution in [3.63, 3.8) is 0 Å². The summed E-state index contributed by atoms with van der Waals surface area (Å²) in [5, 5.41) is 10.5. The Morgan fingerprint density at radius 1 is 1.39 bits per heavy atom. The van der Waals surface area contributed by atoms with Gasteiger partial charge in [0.2, 0.25) is 5.91 Å². The normalized spacial score (nSPS) is 11.1. The number of alkyl halides is 1. The molecule has 1 aromatic rings. The lowest BCUT2D eigenvalue weighted by molar-refractivity contribution is -0.384. The van der Waals surface area contributed by atoms with Crippen molar-refractivity contribution < 1.29 is 9.72 Å². The van der Waals surface area contributed by atoms with Gasteiger partial charge in [-0.1, -0.05) is 28.1 Å². The average Bonchev–Trinajstić information content (AvgIpc) is 2.27. The Morgan fingerprint density at radius 2 is 1.89 bits per heavy atom. The number of carbonyl (C=O) groups excluding carboxylic acids is 1. The summed E-state index contributed by atoms with van der Waals surface area (Å²) in [5.41, 5.74) is 0.904. The third-order valence-corrected chi connectivity index (χ3v) is 2.76. The van der Waals surface area contributed by atoms with Crippen LogP contribution in [0.4, 0.5) is 5.69 Å². The Bertz CT molecular complexity index is 451. The van der Waals surface area contributed by atoms with E-state index in [9.17, 15) is 14.9 Å². The molecule has 98 valence electrons. The van der Waals surface area contributed by atoms with E-state index in [1.165, 1.54) is 12.1 Å². The molecule has 0 fully saturated rings. The number of hydrogen-bond donors (Lipinski definition) is 0. The fourth-order valence-corrected chi connectivity index (χ4v) is 1.83. The lowest BCUT2D eigenvalue weighted by atomic mass is 10.1. The quantitative estimate of drug-likeness (QED) is 0.487. The van der Waals surface area contributed by atoms with Crippen molar-refractivity contribution in [2.75, 3.05) is 7.05 Å². The van der Waals surface area contributed by atoms with Gasteiger partial charge >= 0.3 is 0 Å². The van der Waals surface area contributed by atoms with Gasteiger partial charge in [0.15, 0.2) is 0 Å². The van der Waals surface area contributed by atoms with Crippen molar-refractivity contribution in [1.82, 2.24) is 4.90 Å². The maximum absolute atomic E-state index is 11.9. The fraction of sp³-hybridized carbons (Fsp3) is 0.417. The summed E-state index contributed by atoms with van der Waals surface area (Å²) < 4.78 is -0.609. The molecule has 1 amide bonds. The minimum Gasteiger partial charge on any atom is -0.340 e. The summed E-state index contributed by atoms with van der Waals surface area (Å²) in [5.74, 6) is -0.0409. The zero-order valence-electron chi connectivity index (χ0n) is 10.5. The summed E-state index contributed by atoms with van der Waals surface area (Å²) in [6.45, 7) is 3.98. The molecule has 0 spiro atoms. The van der Waals surface area contributed by atoms with Crippen LogP contribution in [0.15, 0.2) is 24.3 Å². The first-order chi connectivity index (χ1) is 8.21. The van der Waals surface area contributed by atoms with Crippen molar-refractivity contribution in [2.24, 2.45) is 0 Å². The number of carbonyl (C=O) groups is 1. The third-order valence-electron chi connectivity index (χ3n) is 2.42. The van der Waals surface area contributed by atoms with Gasteiger partial charge in [0, 0.05) is 25.7 Å². The van der Waals surface area contributed by atoms with E-state index in [4.69, 9.17) is 0 Å². The van der Waals surface area contributed by atoms with E-state index in [2.05, 4.69) is 15.9 Å². The first-order valence-corrected chi connectivity index (χ1v) is 6.19. The van der Waals surface area contributed by atoms with E-state index >= 15 is 0 Å². The maximum atomic E-state index is 11.9. The summed E-state index contributed by atoms with van der Waals surface area (Å²) >= 11 is 3.31. The van der Waals surface area contributed by atoms with Crippen molar-refractivity contribution >= 4 is 27.5 Å². The van der Waals surface area contributed by atoms with Gasteiger partial charge in [0.05, 0.1) is 9.25 Å². The van der Waals surface area contributed by atoms with Crippen molar-refractivity contribution in [3.05, 3.63) is 39.9 Å². The number of benzene rings is 1. The van der Waals surface area contributed by atoms with Crippen LogP contribution in [0.25, 0.3) is 0 Å². The smallest absolute Gasteiger partial charge is 0.269 e. The monoisotopic (exact) mass is 314 g/mol. The van der Waals surface area contributed by atoms with Gasteiger partial charge in [-0.15, -0.1) is 0 Å². The Balaban J connectivity index is 2.74. The van der Waals surface area contributed by atoms with Gasteiger partial charge in [-0.3, -0.25) is 14.9 Å². The van der Waals surface area contributed by atoms with Gasteiger partial charge in [-0.25, -0.2) is 0 Å².